The van der Waals surface area contributed by atoms with E-state index in [0.717, 1.165) is 44.1 Å². The van der Waals surface area contributed by atoms with Crippen LogP contribution in [-0.2, 0) is 11.2 Å². The normalized spacial score (nSPS) is 20.1. The lowest BCUT2D eigenvalue weighted by molar-refractivity contribution is -0.136. The number of benzene rings is 1. The van der Waals surface area contributed by atoms with Gasteiger partial charge < -0.3 is 10.0 Å². The third-order valence-electron chi connectivity index (χ3n) is 4.85. The van der Waals surface area contributed by atoms with Gasteiger partial charge in [-0.2, -0.15) is 0 Å². The number of nitrogens with zero attached hydrogens (tertiary/aromatic N) is 1. The van der Waals surface area contributed by atoms with Crippen LogP contribution in [0, 0.1) is 5.82 Å². The van der Waals surface area contributed by atoms with E-state index >= 15 is 0 Å². The molecule has 0 unspecified atom stereocenters. The molecule has 4 heteroatoms. The van der Waals surface area contributed by atoms with Gasteiger partial charge in [0.2, 0.25) is 5.91 Å². The Hall–Kier alpha value is -1.42. The summed E-state index contributed by atoms with van der Waals surface area (Å²) in [6, 6.07) is 6.88. The van der Waals surface area contributed by atoms with Crippen molar-refractivity contribution in [2.45, 2.75) is 63.0 Å². The van der Waals surface area contributed by atoms with Gasteiger partial charge in [0.05, 0.1) is 12.0 Å². The predicted molar refractivity (Wildman–Crippen MR) is 82.9 cm³/mol. The molecule has 3 nitrogen and oxygen atoms in total. The summed E-state index contributed by atoms with van der Waals surface area (Å²) in [6.45, 7) is 0.614. The first-order valence-electron chi connectivity index (χ1n) is 8.32. The van der Waals surface area contributed by atoms with Crippen molar-refractivity contribution in [3.63, 3.8) is 0 Å². The molecule has 1 aromatic rings. The second kappa shape index (κ2) is 6.37. The topological polar surface area (TPSA) is 40.5 Å². The highest BCUT2D eigenvalue weighted by molar-refractivity contribution is 5.78. The molecule has 22 heavy (non-hydrogen) atoms. The van der Waals surface area contributed by atoms with Crippen LogP contribution in [-0.4, -0.2) is 34.1 Å². The van der Waals surface area contributed by atoms with Crippen molar-refractivity contribution >= 4 is 5.91 Å². The molecule has 1 N–H and O–H groups in total. The minimum atomic E-state index is -0.789. The fourth-order valence-electron chi connectivity index (χ4n) is 3.43. The average Bonchev–Trinajstić information content (AvgIpc) is 3.21. The van der Waals surface area contributed by atoms with Crippen LogP contribution >= 0.6 is 0 Å². The molecule has 2 saturated carbocycles. The lowest BCUT2D eigenvalue weighted by Crippen LogP contribution is -2.40. The summed E-state index contributed by atoms with van der Waals surface area (Å²) in [5.41, 5.74) is 0.126. The second-order valence-corrected chi connectivity index (χ2v) is 6.81. The summed E-state index contributed by atoms with van der Waals surface area (Å²) < 4.78 is 13.2. The van der Waals surface area contributed by atoms with E-state index in [-0.39, 0.29) is 18.1 Å². The van der Waals surface area contributed by atoms with Gasteiger partial charge in [0.25, 0.3) is 0 Å². The molecule has 0 bridgehead atoms. The number of carbonyl (C=O) groups excluding carboxylic acids is 1. The number of hydrogen-bond acceptors (Lipinski definition) is 2. The summed E-state index contributed by atoms with van der Waals surface area (Å²) in [7, 11) is 0. The van der Waals surface area contributed by atoms with Crippen LogP contribution in [0.2, 0.25) is 0 Å². The number of rotatable bonds is 6. The smallest absolute Gasteiger partial charge is 0.225 e. The molecule has 2 fully saturated rings. The number of aliphatic hydroxyl groups is 1. The van der Waals surface area contributed by atoms with Crippen LogP contribution in [0.4, 0.5) is 4.39 Å². The lowest BCUT2D eigenvalue weighted by atomic mass is 9.97. The minimum absolute atomic E-state index is 0.0586. The van der Waals surface area contributed by atoms with E-state index in [0.29, 0.717) is 19.0 Å². The van der Waals surface area contributed by atoms with Crippen LogP contribution in [0.3, 0.4) is 0 Å². The monoisotopic (exact) mass is 305 g/mol. The van der Waals surface area contributed by atoms with Crippen molar-refractivity contribution in [2.24, 2.45) is 0 Å². The Morgan fingerprint density at radius 2 is 2.05 bits per heavy atom. The highest BCUT2D eigenvalue weighted by Gasteiger charge is 2.38. The molecule has 1 aromatic carbocycles. The number of hydrogen-bond donors (Lipinski definition) is 1. The van der Waals surface area contributed by atoms with Crippen molar-refractivity contribution in [2.75, 3.05) is 6.54 Å². The molecular formula is C18H24FNO2. The molecule has 3 rings (SSSR count). The highest BCUT2D eigenvalue weighted by Crippen LogP contribution is 2.35. The first kappa shape index (κ1) is 15.5. The Kier molecular flexibility index (Phi) is 4.48. The van der Waals surface area contributed by atoms with E-state index in [1.165, 1.54) is 12.1 Å². The summed E-state index contributed by atoms with van der Waals surface area (Å²) in [5, 5.41) is 10.4. The zero-order valence-electron chi connectivity index (χ0n) is 12.9. The van der Waals surface area contributed by atoms with E-state index in [2.05, 4.69) is 0 Å². The van der Waals surface area contributed by atoms with Gasteiger partial charge in [0.1, 0.15) is 5.82 Å². The molecule has 1 amide bonds. The molecule has 2 aliphatic carbocycles. The van der Waals surface area contributed by atoms with E-state index in [1.807, 2.05) is 11.0 Å². The van der Waals surface area contributed by atoms with Gasteiger partial charge in [0, 0.05) is 12.6 Å². The van der Waals surface area contributed by atoms with Crippen LogP contribution in [0.1, 0.15) is 50.5 Å². The first-order chi connectivity index (χ1) is 10.6. The SMILES string of the molecule is O=C(CC1(O)CCCC1)N(CCc1cccc(F)c1)C1CC1. The second-order valence-electron chi connectivity index (χ2n) is 6.81. The molecular weight excluding hydrogens is 281 g/mol. The molecule has 120 valence electrons. The maximum absolute atomic E-state index is 13.2. The Bertz CT molecular complexity index is 536. The van der Waals surface area contributed by atoms with Crippen LogP contribution < -0.4 is 0 Å². The molecule has 0 aliphatic heterocycles. The molecule has 0 saturated heterocycles. The fourth-order valence-corrected chi connectivity index (χ4v) is 3.43. The fraction of sp³-hybridized carbons (Fsp3) is 0.611. The summed E-state index contributed by atoms with van der Waals surface area (Å²) in [6.07, 6.45) is 6.50. The van der Waals surface area contributed by atoms with Gasteiger partial charge in [-0.05, 0) is 49.8 Å². The third kappa shape index (κ3) is 3.86. The van der Waals surface area contributed by atoms with Crippen molar-refractivity contribution in [3.05, 3.63) is 35.6 Å². The van der Waals surface area contributed by atoms with Crippen molar-refractivity contribution in [1.29, 1.82) is 0 Å². The standard InChI is InChI=1S/C18H24FNO2/c19-15-5-3-4-14(12-15)8-11-20(16-6-7-16)17(21)13-18(22)9-1-2-10-18/h3-5,12,16,22H,1-2,6-11,13H2. The van der Waals surface area contributed by atoms with Crippen molar-refractivity contribution < 1.29 is 14.3 Å². The lowest BCUT2D eigenvalue weighted by Gasteiger charge is -2.28. The van der Waals surface area contributed by atoms with E-state index in [4.69, 9.17) is 0 Å². The van der Waals surface area contributed by atoms with Crippen molar-refractivity contribution in [3.8, 4) is 0 Å². The molecule has 0 atom stereocenters. The Labute approximate surface area is 131 Å². The molecule has 2 aliphatic rings. The predicted octanol–water partition coefficient (Wildman–Crippen LogP) is 3.05. The Morgan fingerprint density at radius 1 is 1.32 bits per heavy atom. The number of carbonyl (C=O) groups is 1. The van der Waals surface area contributed by atoms with Gasteiger partial charge in [-0.1, -0.05) is 25.0 Å². The maximum Gasteiger partial charge on any atom is 0.225 e. The summed E-state index contributed by atoms with van der Waals surface area (Å²) >= 11 is 0. The van der Waals surface area contributed by atoms with Crippen LogP contribution in [0.25, 0.3) is 0 Å². The maximum atomic E-state index is 13.2. The van der Waals surface area contributed by atoms with E-state index in [9.17, 15) is 14.3 Å². The first-order valence-corrected chi connectivity index (χ1v) is 8.32. The van der Waals surface area contributed by atoms with E-state index in [1.54, 1.807) is 6.07 Å². The molecule has 0 radical (unpaired) electrons. The van der Waals surface area contributed by atoms with Gasteiger partial charge in [0.15, 0.2) is 0 Å². The van der Waals surface area contributed by atoms with Gasteiger partial charge in [-0.15, -0.1) is 0 Å². The average molecular weight is 305 g/mol. The molecule has 0 aromatic heterocycles. The zero-order chi connectivity index (χ0) is 15.6. The Morgan fingerprint density at radius 3 is 2.68 bits per heavy atom. The summed E-state index contributed by atoms with van der Waals surface area (Å²) in [4.78, 5) is 14.5. The zero-order valence-corrected chi connectivity index (χ0v) is 12.9. The van der Waals surface area contributed by atoms with Gasteiger partial charge in [-0.25, -0.2) is 4.39 Å². The highest BCUT2D eigenvalue weighted by atomic mass is 19.1. The minimum Gasteiger partial charge on any atom is -0.389 e. The third-order valence-corrected chi connectivity index (χ3v) is 4.85. The number of amides is 1. The van der Waals surface area contributed by atoms with Crippen LogP contribution in [0.5, 0.6) is 0 Å². The summed E-state index contributed by atoms with van der Waals surface area (Å²) in [5.74, 6) is -0.176. The van der Waals surface area contributed by atoms with Crippen LogP contribution in [0.15, 0.2) is 24.3 Å². The quantitative estimate of drug-likeness (QED) is 0.877. The largest absolute Gasteiger partial charge is 0.389 e. The van der Waals surface area contributed by atoms with Gasteiger partial charge in [-0.3, -0.25) is 4.79 Å². The Balaban J connectivity index is 1.59. The molecule has 0 heterocycles. The molecule has 0 spiro atoms. The van der Waals surface area contributed by atoms with Gasteiger partial charge >= 0.3 is 0 Å². The van der Waals surface area contributed by atoms with E-state index < -0.39 is 5.60 Å². The van der Waals surface area contributed by atoms with Crippen molar-refractivity contribution in [1.82, 2.24) is 4.90 Å². The number of halogens is 1.